The van der Waals surface area contributed by atoms with Gasteiger partial charge in [0.15, 0.2) is 0 Å². The molecule has 1 saturated carbocycles. The molecule has 1 aromatic carbocycles. The third kappa shape index (κ3) is 3.37. The lowest BCUT2D eigenvalue weighted by Gasteiger charge is -2.52. The summed E-state index contributed by atoms with van der Waals surface area (Å²) in [6.07, 6.45) is 4.13. The van der Waals surface area contributed by atoms with Gasteiger partial charge in [0.2, 0.25) is 5.91 Å². The lowest BCUT2D eigenvalue weighted by atomic mass is 9.66. The Hall–Kier alpha value is -1.55. The van der Waals surface area contributed by atoms with Crippen molar-refractivity contribution in [2.24, 2.45) is 11.8 Å². The summed E-state index contributed by atoms with van der Waals surface area (Å²) in [5.74, 6) is 1.28. The molecule has 0 bridgehead atoms. The molecule has 126 valence electrons. The largest absolute Gasteiger partial charge is 0.508 e. The first-order chi connectivity index (χ1) is 10.9. The van der Waals surface area contributed by atoms with E-state index in [2.05, 4.69) is 19.2 Å². The van der Waals surface area contributed by atoms with Gasteiger partial charge in [-0.2, -0.15) is 0 Å². The van der Waals surface area contributed by atoms with Gasteiger partial charge in [-0.15, -0.1) is 0 Å². The molecule has 1 aliphatic carbocycles. The zero-order valence-electron chi connectivity index (χ0n) is 14.2. The first-order valence-corrected chi connectivity index (χ1v) is 8.60. The number of hydrogen-bond acceptors (Lipinski definition) is 3. The van der Waals surface area contributed by atoms with Crippen molar-refractivity contribution < 1.29 is 14.6 Å². The highest BCUT2D eigenvalue weighted by Gasteiger charge is 2.49. The fraction of sp³-hybridized carbons (Fsp3) is 0.632. The molecule has 0 unspecified atom stereocenters. The van der Waals surface area contributed by atoms with Crippen LogP contribution in [-0.4, -0.2) is 22.7 Å². The minimum absolute atomic E-state index is 0.0152. The van der Waals surface area contributed by atoms with Gasteiger partial charge in [0.05, 0.1) is 12.2 Å². The highest BCUT2D eigenvalue weighted by Crippen LogP contribution is 2.48. The molecule has 1 amide bonds. The van der Waals surface area contributed by atoms with E-state index in [9.17, 15) is 9.90 Å². The van der Waals surface area contributed by atoms with Crippen LogP contribution in [0.15, 0.2) is 24.3 Å². The Morgan fingerprint density at radius 2 is 2.17 bits per heavy atom. The SMILES string of the molecule is CC(=O)N[C@@]1(C)C[C@H](c2cccc(O)c2)O[C@@H]2C[C@H](C)CC[C@H]21. The van der Waals surface area contributed by atoms with Gasteiger partial charge in [0, 0.05) is 24.8 Å². The van der Waals surface area contributed by atoms with Crippen LogP contribution in [0.1, 0.15) is 58.1 Å². The van der Waals surface area contributed by atoms with E-state index in [0.29, 0.717) is 11.8 Å². The number of hydrogen-bond donors (Lipinski definition) is 2. The van der Waals surface area contributed by atoms with E-state index in [4.69, 9.17) is 4.74 Å². The number of fused-ring (bicyclic) bond motifs is 1. The Labute approximate surface area is 138 Å². The van der Waals surface area contributed by atoms with Crippen molar-refractivity contribution in [1.82, 2.24) is 5.32 Å². The highest BCUT2D eigenvalue weighted by molar-refractivity contribution is 5.73. The van der Waals surface area contributed by atoms with E-state index in [1.807, 2.05) is 12.1 Å². The zero-order valence-corrected chi connectivity index (χ0v) is 14.2. The Balaban J connectivity index is 1.90. The normalized spacial score (nSPS) is 37.0. The maximum atomic E-state index is 11.8. The van der Waals surface area contributed by atoms with Crippen LogP contribution in [0.4, 0.5) is 0 Å². The summed E-state index contributed by atoms with van der Waals surface area (Å²) in [4.78, 5) is 11.8. The van der Waals surface area contributed by atoms with E-state index in [-0.39, 0.29) is 29.4 Å². The van der Waals surface area contributed by atoms with Crippen molar-refractivity contribution in [3.63, 3.8) is 0 Å². The monoisotopic (exact) mass is 317 g/mol. The van der Waals surface area contributed by atoms with Crippen molar-refractivity contribution in [3.05, 3.63) is 29.8 Å². The number of rotatable bonds is 2. The molecule has 2 fully saturated rings. The molecule has 1 aliphatic heterocycles. The predicted molar refractivity (Wildman–Crippen MR) is 89.1 cm³/mol. The van der Waals surface area contributed by atoms with E-state index in [1.165, 1.54) is 6.42 Å². The van der Waals surface area contributed by atoms with Gasteiger partial charge in [0.1, 0.15) is 5.75 Å². The quantitative estimate of drug-likeness (QED) is 0.877. The number of carbonyl (C=O) groups excluding carboxylic acids is 1. The van der Waals surface area contributed by atoms with Crippen molar-refractivity contribution in [3.8, 4) is 5.75 Å². The van der Waals surface area contributed by atoms with Crippen LogP contribution in [0.2, 0.25) is 0 Å². The fourth-order valence-electron chi connectivity index (χ4n) is 4.47. The van der Waals surface area contributed by atoms with Gasteiger partial charge >= 0.3 is 0 Å². The van der Waals surface area contributed by atoms with Crippen LogP contribution < -0.4 is 5.32 Å². The van der Waals surface area contributed by atoms with Gasteiger partial charge in [-0.1, -0.05) is 25.5 Å². The lowest BCUT2D eigenvalue weighted by molar-refractivity contribution is -0.153. The van der Waals surface area contributed by atoms with Gasteiger partial charge < -0.3 is 15.2 Å². The van der Waals surface area contributed by atoms with Crippen LogP contribution in [0, 0.1) is 11.8 Å². The second-order valence-electron chi connectivity index (χ2n) is 7.59. The first kappa shape index (κ1) is 16.3. The Morgan fingerprint density at radius 1 is 1.39 bits per heavy atom. The Kier molecular flexibility index (Phi) is 4.37. The van der Waals surface area contributed by atoms with Crippen molar-refractivity contribution in [1.29, 1.82) is 0 Å². The number of carbonyl (C=O) groups is 1. The smallest absolute Gasteiger partial charge is 0.217 e. The molecule has 4 nitrogen and oxygen atoms in total. The lowest BCUT2D eigenvalue weighted by Crippen LogP contribution is -2.60. The van der Waals surface area contributed by atoms with Crippen LogP contribution >= 0.6 is 0 Å². The number of phenolic OH excluding ortho intramolecular Hbond substituents is 1. The number of phenols is 1. The second kappa shape index (κ2) is 6.16. The summed E-state index contributed by atoms with van der Waals surface area (Å²) in [5, 5.41) is 13.0. The average molecular weight is 317 g/mol. The molecule has 2 N–H and O–H groups in total. The number of benzene rings is 1. The van der Waals surface area contributed by atoms with Crippen LogP contribution in [0.25, 0.3) is 0 Å². The maximum absolute atomic E-state index is 11.8. The van der Waals surface area contributed by atoms with E-state index >= 15 is 0 Å². The number of aromatic hydroxyl groups is 1. The molecule has 23 heavy (non-hydrogen) atoms. The van der Waals surface area contributed by atoms with E-state index < -0.39 is 0 Å². The molecule has 0 aromatic heterocycles. The fourth-order valence-corrected chi connectivity index (χ4v) is 4.47. The molecule has 1 heterocycles. The molecule has 4 heteroatoms. The molecule has 2 aliphatic rings. The van der Waals surface area contributed by atoms with E-state index in [0.717, 1.165) is 24.8 Å². The maximum Gasteiger partial charge on any atom is 0.217 e. The van der Waals surface area contributed by atoms with Crippen LogP contribution in [-0.2, 0) is 9.53 Å². The third-order valence-corrected chi connectivity index (χ3v) is 5.52. The summed E-state index contributed by atoms with van der Waals surface area (Å²) in [6.45, 7) is 6.01. The topological polar surface area (TPSA) is 58.6 Å². The molecular formula is C19H27NO3. The summed E-state index contributed by atoms with van der Waals surface area (Å²) < 4.78 is 6.42. The van der Waals surface area contributed by atoms with E-state index in [1.54, 1.807) is 19.1 Å². The molecule has 0 spiro atoms. The molecule has 1 aromatic rings. The summed E-state index contributed by atoms with van der Waals surface area (Å²) in [7, 11) is 0. The van der Waals surface area contributed by atoms with Crippen LogP contribution in [0.5, 0.6) is 5.75 Å². The highest BCUT2D eigenvalue weighted by atomic mass is 16.5. The van der Waals surface area contributed by atoms with Gasteiger partial charge in [0.25, 0.3) is 0 Å². The average Bonchev–Trinajstić information content (AvgIpc) is 2.45. The van der Waals surface area contributed by atoms with Gasteiger partial charge in [-0.05, 0) is 43.4 Å². The molecule has 3 rings (SSSR count). The third-order valence-electron chi connectivity index (χ3n) is 5.52. The summed E-state index contributed by atoms with van der Waals surface area (Å²) in [5.41, 5.74) is 0.726. The number of ether oxygens (including phenoxy) is 1. The standard InChI is InChI=1S/C19H27NO3/c1-12-7-8-16-17(9-12)23-18(11-19(16,3)20-13(2)21)14-5-4-6-15(22)10-14/h4-6,10,12,16-18,22H,7-9,11H2,1-3H3,(H,20,21)/t12-,16-,17-,18-,19+/m1/s1. The summed E-state index contributed by atoms with van der Waals surface area (Å²) >= 11 is 0. The predicted octanol–water partition coefficient (Wildman–Crippen LogP) is 3.55. The molecule has 1 saturated heterocycles. The first-order valence-electron chi connectivity index (χ1n) is 8.60. The molecular weight excluding hydrogens is 290 g/mol. The van der Waals surface area contributed by atoms with Crippen LogP contribution in [0.3, 0.4) is 0 Å². The Bertz CT molecular complexity index is 588. The van der Waals surface area contributed by atoms with Crippen molar-refractivity contribution in [2.75, 3.05) is 0 Å². The molecule has 5 atom stereocenters. The molecule has 0 radical (unpaired) electrons. The van der Waals surface area contributed by atoms with Gasteiger partial charge in [-0.3, -0.25) is 4.79 Å². The van der Waals surface area contributed by atoms with Crippen molar-refractivity contribution >= 4 is 5.91 Å². The summed E-state index contributed by atoms with van der Waals surface area (Å²) in [6, 6.07) is 7.28. The Morgan fingerprint density at radius 3 is 2.87 bits per heavy atom. The minimum Gasteiger partial charge on any atom is -0.508 e. The van der Waals surface area contributed by atoms with Gasteiger partial charge in [-0.25, -0.2) is 0 Å². The van der Waals surface area contributed by atoms with Crippen molar-refractivity contribution in [2.45, 2.75) is 64.2 Å². The zero-order chi connectivity index (χ0) is 16.6. The number of nitrogens with one attached hydrogen (secondary N) is 1. The number of amides is 1. The minimum atomic E-state index is -0.259. The second-order valence-corrected chi connectivity index (χ2v) is 7.59.